The summed E-state index contributed by atoms with van der Waals surface area (Å²) in [7, 11) is 0. The van der Waals surface area contributed by atoms with Gasteiger partial charge < -0.3 is 0 Å². The van der Waals surface area contributed by atoms with Gasteiger partial charge in [0.05, 0.1) is 0 Å². The Morgan fingerprint density at radius 3 is 2.30 bits per heavy atom. The average molecular weight is 156 g/mol. The summed E-state index contributed by atoms with van der Waals surface area (Å²) in [6.45, 7) is 10.1. The zero-order valence-electron chi connectivity index (χ0n) is 7.11. The molecule has 0 aliphatic carbocycles. The van der Waals surface area contributed by atoms with Crippen LogP contribution in [0.1, 0.15) is 33.6 Å². The van der Waals surface area contributed by atoms with E-state index in [1.807, 2.05) is 6.08 Å². The zero-order valence-corrected chi connectivity index (χ0v) is 7.92. The van der Waals surface area contributed by atoms with Crippen molar-refractivity contribution in [1.82, 2.24) is 0 Å². The predicted molar refractivity (Wildman–Crippen MR) is 51.5 cm³/mol. The molecule has 0 nitrogen and oxygen atoms in total. The minimum Gasteiger partial charge on any atom is -0.103 e. The van der Waals surface area contributed by atoms with Crippen molar-refractivity contribution in [3.05, 3.63) is 12.7 Å². The van der Waals surface area contributed by atoms with Crippen LogP contribution in [0, 0.1) is 5.41 Å². The van der Waals surface area contributed by atoms with E-state index in [4.69, 9.17) is 12.2 Å². The largest absolute Gasteiger partial charge is 0.103 e. The Bertz CT molecular complexity index is 128. The van der Waals surface area contributed by atoms with E-state index >= 15 is 0 Å². The van der Waals surface area contributed by atoms with Gasteiger partial charge in [-0.3, -0.25) is 0 Å². The number of hydrogen-bond donors (Lipinski definition) is 0. The van der Waals surface area contributed by atoms with E-state index in [2.05, 4.69) is 27.4 Å². The quantitative estimate of drug-likeness (QED) is 0.446. The molecular weight excluding hydrogens is 140 g/mol. The third-order valence-corrected chi connectivity index (χ3v) is 2.23. The summed E-state index contributed by atoms with van der Waals surface area (Å²) in [5.41, 5.74) is 0.193. The monoisotopic (exact) mass is 156 g/mol. The average Bonchev–Trinajstić information content (AvgIpc) is 1.80. The van der Waals surface area contributed by atoms with E-state index < -0.39 is 0 Å². The van der Waals surface area contributed by atoms with Crippen LogP contribution < -0.4 is 0 Å². The van der Waals surface area contributed by atoms with Gasteiger partial charge in [0.25, 0.3) is 0 Å². The minimum atomic E-state index is 0.193. The van der Waals surface area contributed by atoms with E-state index in [9.17, 15) is 0 Å². The van der Waals surface area contributed by atoms with E-state index in [1.165, 1.54) is 0 Å². The molecule has 58 valence electrons. The van der Waals surface area contributed by atoms with Crippen molar-refractivity contribution in [2.45, 2.75) is 33.6 Å². The summed E-state index contributed by atoms with van der Waals surface area (Å²) in [6.07, 6.45) is 3.93. The maximum absolute atomic E-state index is 5.21. The molecule has 1 heteroatoms. The molecule has 0 unspecified atom stereocenters. The standard InChI is InChI=1S/C9H16S/c1-5-6-7-8(10)9(2,3)4/h5H,1,6-7H2,2-4H3. The van der Waals surface area contributed by atoms with Gasteiger partial charge >= 0.3 is 0 Å². The molecular formula is C9H16S. The summed E-state index contributed by atoms with van der Waals surface area (Å²) in [6, 6.07) is 0. The highest BCUT2D eigenvalue weighted by Crippen LogP contribution is 2.19. The third kappa shape index (κ3) is 3.78. The topological polar surface area (TPSA) is 0 Å². The SMILES string of the molecule is C=CCCC(=S)C(C)(C)C. The summed E-state index contributed by atoms with van der Waals surface area (Å²) in [5.74, 6) is 0. The Kier molecular flexibility index (Phi) is 3.80. The number of thiocarbonyl (C=S) groups is 1. The lowest BCUT2D eigenvalue weighted by Gasteiger charge is -2.18. The highest BCUT2D eigenvalue weighted by atomic mass is 32.1. The van der Waals surface area contributed by atoms with Crippen LogP contribution in [0.25, 0.3) is 0 Å². The molecule has 0 N–H and O–H groups in total. The van der Waals surface area contributed by atoms with Crippen LogP contribution in [0.3, 0.4) is 0 Å². The van der Waals surface area contributed by atoms with Crippen molar-refractivity contribution >= 4 is 17.1 Å². The summed E-state index contributed by atoms with van der Waals surface area (Å²) >= 11 is 5.21. The molecule has 0 aliphatic heterocycles. The van der Waals surface area contributed by atoms with Crippen LogP contribution in [0.15, 0.2) is 12.7 Å². The smallest absolute Gasteiger partial charge is 0.00150 e. The molecule has 0 aromatic carbocycles. The highest BCUT2D eigenvalue weighted by Gasteiger charge is 2.15. The van der Waals surface area contributed by atoms with Gasteiger partial charge in [0.1, 0.15) is 0 Å². The first-order valence-electron chi connectivity index (χ1n) is 3.62. The lowest BCUT2D eigenvalue weighted by Crippen LogP contribution is -2.17. The first-order chi connectivity index (χ1) is 4.48. The lowest BCUT2D eigenvalue weighted by molar-refractivity contribution is 0.588. The summed E-state index contributed by atoms with van der Waals surface area (Å²) in [5, 5.41) is 0. The summed E-state index contributed by atoms with van der Waals surface area (Å²) in [4.78, 5) is 1.15. The van der Waals surface area contributed by atoms with Gasteiger partial charge in [0, 0.05) is 0 Å². The fraction of sp³-hybridized carbons (Fsp3) is 0.667. The third-order valence-electron chi connectivity index (χ3n) is 1.41. The molecule has 0 heterocycles. The van der Waals surface area contributed by atoms with Crippen LogP contribution in [0.5, 0.6) is 0 Å². The zero-order chi connectivity index (χ0) is 8.20. The van der Waals surface area contributed by atoms with Crippen LogP contribution in [-0.2, 0) is 0 Å². The molecule has 0 spiro atoms. The molecule has 0 amide bonds. The number of allylic oxidation sites excluding steroid dienone is 1. The van der Waals surface area contributed by atoms with Crippen molar-refractivity contribution in [1.29, 1.82) is 0 Å². The molecule has 0 bridgehead atoms. The van der Waals surface area contributed by atoms with Gasteiger partial charge in [-0.05, 0) is 23.1 Å². The van der Waals surface area contributed by atoms with Gasteiger partial charge in [0.2, 0.25) is 0 Å². The van der Waals surface area contributed by atoms with Gasteiger partial charge in [-0.15, -0.1) is 6.58 Å². The molecule has 0 radical (unpaired) electrons. The molecule has 10 heavy (non-hydrogen) atoms. The van der Waals surface area contributed by atoms with Gasteiger partial charge in [-0.25, -0.2) is 0 Å². The molecule has 0 aromatic rings. The van der Waals surface area contributed by atoms with Gasteiger partial charge in [0.15, 0.2) is 0 Å². The van der Waals surface area contributed by atoms with Gasteiger partial charge in [-0.2, -0.15) is 0 Å². The molecule has 0 saturated carbocycles. The normalized spacial score (nSPS) is 11.1. The van der Waals surface area contributed by atoms with Crippen LogP contribution in [0.2, 0.25) is 0 Å². The van der Waals surface area contributed by atoms with E-state index in [0.717, 1.165) is 17.7 Å². The number of hydrogen-bond acceptors (Lipinski definition) is 1. The molecule has 0 aromatic heterocycles. The fourth-order valence-electron chi connectivity index (χ4n) is 0.608. The predicted octanol–water partition coefficient (Wildman–Crippen LogP) is 3.37. The van der Waals surface area contributed by atoms with E-state index in [0.29, 0.717) is 0 Å². The minimum absolute atomic E-state index is 0.193. The van der Waals surface area contributed by atoms with Crippen molar-refractivity contribution in [3.8, 4) is 0 Å². The molecule has 0 atom stereocenters. The van der Waals surface area contributed by atoms with Crippen molar-refractivity contribution in [3.63, 3.8) is 0 Å². The van der Waals surface area contributed by atoms with E-state index in [1.54, 1.807) is 0 Å². The second-order valence-corrected chi connectivity index (χ2v) is 3.99. The van der Waals surface area contributed by atoms with Crippen molar-refractivity contribution in [2.24, 2.45) is 5.41 Å². The van der Waals surface area contributed by atoms with Crippen molar-refractivity contribution < 1.29 is 0 Å². The lowest BCUT2D eigenvalue weighted by atomic mass is 9.89. The van der Waals surface area contributed by atoms with Crippen LogP contribution in [-0.4, -0.2) is 4.86 Å². The van der Waals surface area contributed by atoms with Crippen LogP contribution in [0.4, 0.5) is 0 Å². The molecule has 0 saturated heterocycles. The molecule has 0 rings (SSSR count). The Morgan fingerprint density at radius 1 is 1.50 bits per heavy atom. The Labute approximate surface area is 69.3 Å². The first kappa shape index (κ1) is 9.83. The van der Waals surface area contributed by atoms with Gasteiger partial charge in [-0.1, -0.05) is 39.1 Å². The maximum atomic E-state index is 5.21. The Morgan fingerprint density at radius 2 is 2.00 bits per heavy atom. The second-order valence-electron chi connectivity index (χ2n) is 3.50. The Balaban J connectivity index is 3.74. The highest BCUT2D eigenvalue weighted by molar-refractivity contribution is 7.80. The fourth-order valence-corrected chi connectivity index (χ4v) is 0.726. The second kappa shape index (κ2) is 3.87. The molecule has 0 fully saturated rings. The summed E-state index contributed by atoms with van der Waals surface area (Å²) < 4.78 is 0. The Hall–Kier alpha value is -0.170. The first-order valence-corrected chi connectivity index (χ1v) is 4.03. The maximum Gasteiger partial charge on any atom is -0.00150 e. The van der Waals surface area contributed by atoms with Crippen molar-refractivity contribution in [2.75, 3.05) is 0 Å². The molecule has 0 aliphatic rings. The number of rotatable bonds is 3. The van der Waals surface area contributed by atoms with E-state index in [-0.39, 0.29) is 5.41 Å². The van der Waals surface area contributed by atoms with Crippen LogP contribution >= 0.6 is 12.2 Å².